The van der Waals surface area contributed by atoms with E-state index >= 15 is 0 Å². The van der Waals surface area contributed by atoms with Gasteiger partial charge in [0, 0.05) is 35.7 Å². The smallest absolute Gasteiger partial charge is 0.256 e. The highest BCUT2D eigenvalue weighted by Gasteiger charge is 2.14. The van der Waals surface area contributed by atoms with Crippen molar-refractivity contribution in [1.82, 2.24) is 19.5 Å². The van der Waals surface area contributed by atoms with Gasteiger partial charge in [-0.15, -0.1) is 0 Å². The number of pyridine rings is 2. The van der Waals surface area contributed by atoms with E-state index in [1.807, 2.05) is 54.2 Å². The summed E-state index contributed by atoms with van der Waals surface area (Å²) < 4.78 is 7.80. The van der Waals surface area contributed by atoms with Crippen LogP contribution in [0.2, 0.25) is 0 Å². The van der Waals surface area contributed by atoms with Gasteiger partial charge in [-0.3, -0.25) is 9.78 Å². The Bertz CT molecular complexity index is 1270. The lowest BCUT2D eigenvalue weighted by Crippen LogP contribution is -2.37. The molecule has 1 aromatic carbocycles. The summed E-state index contributed by atoms with van der Waals surface area (Å²) in [5.41, 5.74) is 2.27. The molecule has 0 bridgehead atoms. The number of ether oxygens (including phenoxy) is 1. The SMILES string of the molecule is BC(B)(B)Oc1ccc(C(=O)Nc2cc3cc(-c4cnc(C)n4C)ncc3cn2)cc1. The summed E-state index contributed by atoms with van der Waals surface area (Å²) in [5, 5.41) is 4.40. The van der Waals surface area contributed by atoms with Crippen LogP contribution in [0.5, 0.6) is 5.75 Å². The highest BCUT2D eigenvalue weighted by molar-refractivity contribution is 6.58. The summed E-state index contributed by atoms with van der Waals surface area (Å²) in [6, 6.07) is 10.9. The third-order valence-corrected chi connectivity index (χ3v) is 4.87. The Morgan fingerprint density at radius 1 is 1.00 bits per heavy atom. The maximum Gasteiger partial charge on any atom is 0.256 e. The molecule has 0 saturated heterocycles. The fourth-order valence-corrected chi connectivity index (χ4v) is 3.20. The quantitative estimate of drug-likeness (QED) is 0.486. The average molecular weight is 409 g/mol. The maximum absolute atomic E-state index is 12.7. The lowest BCUT2D eigenvalue weighted by molar-refractivity contribution is 0.102. The van der Waals surface area contributed by atoms with Crippen LogP contribution >= 0.6 is 0 Å². The molecule has 1 amide bonds. The monoisotopic (exact) mass is 409 g/mol. The number of aryl methyl sites for hydroxylation is 1. The molecule has 0 aliphatic rings. The molecule has 0 saturated carbocycles. The third-order valence-electron chi connectivity index (χ3n) is 4.87. The first-order valence-corrected chi connectivity index (χ1v) is 10.0. The number of imidazole rings is 1. The molecule has 3 heterocycles. The summed E-state index contributed by atoms with van der Waals surface area (Å²) in [7, 11) is 7.90. The second kappa shape index (κ2) is 7.94. The van der Waals surface area contributed by atoms with Crippen molar-refractivity contribution in [3.63, 3.8) is 0 Å². The Hall–Kier alpha value is -3.55. The van der Waals surface area contributed by atoms with Gasteiger partial charge in [0.25, 0.3) is 5.91 Å². The minimum Gasteiger partial charge on any atom is -0.514 e. The van der Waals surface area contributed by atoms with Crippen molar-refractivity contribution >= 4 is 46.0 Å². The number of carbonyl (C=O) groups excluding carboxylic acids is 1. The van der Waals surface area contributed by atoms with Crippen LogP contribution in [0.4, 0.5) is 5.82 Å². The predicted octanol–water partition coefficient (Wildman–Crippen LogP) is 0.480. The van der Waals surface area contributed by atoms with Gasteiger partial charge in [-0.05, 0) is 48.7 Å². The van der Waals surface area contributed by atoms with Gasteiger partial charge in [0.05, 0.1) is 17.6 Å². The molecule has 0 spiro atoms. The molecule has 4 rings (SSSR count). The molecule has 31 heavy (non-hydrogen) atoms. The van der Waals surface area contributed by atoms with Crippen molar-refractivity contribution in [3.05, 3.63) is 66.4 Å². The van der Waals surface area contributed by atoms with Gasteiger partial charge in [0.15, 0.2) is 0 Å². The lowest BCUT2D eigenvalue weighted by atomic mass is 9.52. The van der Waals surface area contributed by atoms with Crippen LogP contribution in [0, 0.1) is 6.92 Å². The van der Waals surface area contributed by atoms with E-state index in [1.54, 1.807) is 42.9 Å². The van der Waals surface area contributed by atoms with Crippen molar-refractivity contribution in [2.75, 3.05) is 5.32 Å². The van der Waals surface area contributed by atoms with Crippen molar-refractivity contribution in [1.29, 1.82) is 0 Å². The van der Waals surface area contributed by atoms with Gasteiger partial charge in [-0.25, -0.2) is 9.97 Å². The molecular weight excluding hydrogens is 387 g/mol. The fraction of sp³-hybridized carbons (Fsp3) is 0.143. The fourth-order valence-electron chi connectivity index (χ4n) is 3.20. The van der Waals surface area contributed by atoms with Crippen LogP contribution in [0.1, 0.15) is 16.2 Å². The van der Waals surface area contributed by atoms with E-state index in [-0.39, 0.29) is 11.2 Å². The number of nitrogens with zero attached hydrogens (tertiary/aromatic N) is 4. The molecule has 0 fully saturated rings. The average Bonchev–Trinajstić information content (AvgIpc) is 3.05. The molecule has 10 heteroatoms. The molecule has 0 radical (unpaired) electrons. The predicted molar refractivity (Wildman–Crippen MR) is 130 cm³/mol. The highest BCUT2D eigenvalue weighted by atomic mass is 16.5. The lowest BCUT2D eigenvalue weighted by Gasteiger charge is -2.21. The number of amides is 1. The van der Waals surface area contributed by atoms with Gasteiger partial charge >= 0.3 is 0 Å². The normalized spacial score (nSPS) is 11.4. The van der Waals surface area contributed by atoms with Crippen molar-refractivity contribution in [3.8, 4) is 17.1 Å². The van der Waals surface area contributed by atoms with E-state index in [4.69, 9.17) is 4.74 Å². The van der Waals surface area contributed by atoms with E-state index in [2.05, 4.69) is 20.3 Å². The minimum atomic E-state index is -0.291. The van der Waals surface area contributed by atoms with Gasteiger partial charge in [0.1, 0.15) is 40.9 Å². The molecule has 0 aliphatic carbocycles. The zero-order chi connectivity index (χ0) is 22.2. The Morgan fingerprint density at radius 2 is 1.71 bits per heavy atom. The van der Waals surface area contributed by atoms with Gasteiger partial charge in [-0.2, -0.15) is 0 Å². The maximum atomic E-state index is 12.7. The van der Waals surface area contributed by atoms with Crippen LogP contribution in [-0.4, -0.2) is 54.3 Å². The van der Waals surface area contributed by atoms with Crippen LogP contribution in [0.25, 0.3) is 22.2 Å². The number of fused-ring (bicyclic) bond motifs is 1. The number of benzene rings is 1. The second-order valence-electron chi connectivity index (χ2n) is 8.43. The number of anilines is 1. The summed E-state index contributed by atoms with van der Waals surface area (Å²) in [6.07, 6.45) is 5.29. The van der Waals surface area contributed by atoms with Gasteiger partial charge in [0.2, 0.25) is 0 Å². The summed E-state index contributed by atoms with van der Waals surface area (Å²) in [4.78, 5) is 25.9. The van der Waals surface area contributed by atoms with Crippen molar-refractivity contribution < 1.29 is 9.53 Å². The first kappa shape index (κ1) is 20.7. The molecule has 4 aromatic rings. The molecule has 7 nitrogen and oxygen atoms in total. The molecule has 152 valence electrons. The molecule has 0 aliphatic heterocycles. The van der Waals surface area contributed by atoms with E-state index < -0.39 is 0 Å². The number of hydrogen-bond acceptors (Lipinski definition) is 5. The summed E-state index contributed by atoms with van der Waals surface area (Å²) in [6.45, 7) is 1.95. The Balaban J connectivity index is 1.55. The zero-order valence-electron chi connectivity index (χ0n) is 18.3. The summed E-state index contributed by atoms with van der Waals surface area (Å²) >= 11 is 0. The standard InChI is InChI=1S/C21H22B3N5O2/c1-12-25-11-18(29(12)2)17-7-14-8-19(27-10-15(14)9-26-17)28-20(30)13-3-5-16(6-4-13)31-21(22,23)24/h3-11H,22-24H2,1-2H3,(H,27,28,30). The molecule has 1 N–H and O–H groups in total. The number of carbonyl (C=O) groups is 1. The molecular formula is C21H22B3N5O2. The Labute approximate surface area is 183 Å². The number of aromatic nitrogens is 4. The van der Waals surface area contributed by atoms with Crippen LogP contribution in [0.15, 0.2) is 55.0 Å². The third kappa shape index (κ3) is 4.63. The molecule has 0 atom stereocenters. The van der Waals surface area contributed by atoms with E-state index in [9.17, 15) is 4.79 Å². The first-order chi connectivity index (χ1) is 14.7. The number of nitrogens with one attached hydrogen (secondary N) is 1. The van der Waals surface area contributed by atoms with E-state index in [0.29, 0.717) is 11.4 Å². The number of rotatable bonds is 5. The summed E-state index contributed by atoms with van der Waals surface area (Å²) in [5.74, 6) is 1.88. The molecule has 0 unspecified atom stereocenters. The zero-order valence-corrected chi connectivity index (χ0v) is 18.3. The minimum absolute atomic E-state index is 0.231. The van der Waals surface area contributed by atoms with Gasteiger partial charge < -0.3 is 14.6 Å². The van der Waals surface area contributed by atoms with E-state index in [1.165, 1.54) is 0 Å². The first-order valence-electron chi connectivity index (χ1n) is 10.0. The number of hydrogen-bond donors (Lipinski definition) is 1. The Kier molecular flexibility index (Phi) is 5.31. The second-order valence-corrected chi connectivity index (χ2v) is 8.43. The van der Waals surface area contributed by atoms with Crippen LogP contribution in [-0.2, 0) is 7.05 Å². The van der Waals surface area contributed by atoms with Crippen molar-refractivity contribution in [2.45, 2.75) is 12.2 Å². The van der Waals surface area contributed by atoms with Gasteiger partial charge in [-0.1, -0.05) is 0 Å². The van der Waals surface area contributed by atoms with Crippen LogP contribution in [0.3, 0.4) is 0 Å². The Morgan fingerprint density at radius 3 is 2.35 bits per heavy atom. The largest absolute Gasteiger partial charge is 0.514 e. The topological polar surface area (TPSA) is 81.9 Å². The molecule has 3 aromatic heterocycles. The van der Waals surface area contributed by atoms with Crippen molar-refractivity contribution in [2.24, 2.45) is 7.05 Å². The van der Waals surface area contributed by atoms with E-state index in [0.717, 1.165) is 33.7 Å². The van der Waals surface area contributed by atoms with Crippen LogP contribution < -0.4 is 10.1 Å². The highest BCUT2D eigenvalue weighted by Crippen LogP contribution is 2.24.